The van der Waals surface area contributed by atoms with Gasteiger partial charge in [-0.1, -0.05) is 19.0 Å². The third-order valence-electron chi connectivity index (χ3n) is 5.57. The monoisotopic (exact) mass is 455 g/mol. The normalized spacial score (nSPS) is 15.3. The van der Waals surface area contributed by atoms with Crippen molar-refractivity contribution in [3.63, 3.8) is 0 Å². The summed E-state index contributed by atoms with van der Waals surface area (Å²) in [5.41, 5.74) is 1.43. The van der Waals surface area contributed by atoms with Gasteiger partial charge in [0.15, 0.2) is 5.82 Å². The Kier molecular flexibility index (Phi) is 7.05. The van der Waals surface area contributed by atoms with Gasteiger partial charge in [0.05, 0.1) is 13.2 Å². The molecule has 10 nitrogen and oxygen atoms in total. The highest BCUT2D eigenvalue weighted by Gasteiger charge is 2.21. The number of aromatic nitrogens is 2. The van der Waals surface area contributed by atoms with E-state index < -0.39 is 11.7 Å². The van der Waals surface area contributed by atoms with E-state index in [4.69, 9.17) is 13.7 Å². The van der Waals surface area contributed by atoms with Crippen LogP contribution in [0.15, 0.2) is 38.0 Å². The minimum Gasteiger partial charge on any atom is -0.450 e. The summed E-state index contributed by atoms with van der Waals surface area (Å²) in [6.07, 6.45) is -0.547. The number of nitrogens with zero attached hydrogens (tertiary/aromatic N) is 4. The van der Waals surface area contributed by atoms with Crippen LogP contribution in [0.3, 0.4) is 0 Å². The van der Waals surface area contributed by atoms with Crippen LogP contribution in [0.1, 0.15) is 44.0 Å². The summed E-state index contributed by atoms with van der Waals surface area (Å²) in [5.74, 6) is 1.62. The van der Waals surface area contributed by atoms with Crippen LogP contribution in [0.2, 0.25) is 0 Å². The van der Waals surface area contributed by atoms with Gasteiger partial charge < -0.3 is 13.7 Å². The number of fused-ring (bicyclic) bond motifs is 1. The molecular formula is C23H29N5O5. The van der Waals surface area contributed by atoms with Crippen LogP contribution >= 0.6 is 0 Å². The molecule has 3 heterocycles. The highest BCUT2D eigenvalue weighted by atomic mass is 16.5. The Hall–Kier alpha value is -3.24. The predicted molar refractivity (Wildman–Crippen MR) is 122 cm³/mol. The number of anilines is 1. The molecule has 0 unspecified atom stereocenters. The molecule has 1 N–H and O–H groups in total. The fourth-order valence-corrected chi connectivity index (χ4v) is 3.83. The number of carbonyl (C=O) groups is 1. The molecule has 0 spiro atoms. The van der Waals surface area contributed by atoms with Crippen molar-refractivity contribution in [1.82, 2.24) is 19.9 Å². The van der Waals surface area contributed by atoms with Gasteiger partial charge in [-0.2, -0.15) is 4.98 Å². The molecule has 2 aromatic heterocycles. The van der Waals surface area contributed by atoms with Crippen LogP contribution in [0.4, 0.5) is 10.5 Å². The Balaban J connectivity index is 1.39. The van der Waals surface area contributed by atoms with Crippen molar-refractivity contribution < 1.29 is 18.5 Å². The Morgan fingerprint density at radius 1 is 1.15 bits per heavy atom. The average molecular weight is 456 g/mol. The molecule has 10 heteroatoms. The van der Waals surface area contributed by atoms with Crippen LogP contribution in [-0.2, 0) is 17.8 Å². The molecule has 1 aliphatic rings. The van der Waals surface area contributed by atoms with Crippen molar-refractivity contribution in [3.05, 3.63) is 52.0 Å². The number of benzene rings is 1. The summed E-state index contributed by atoms with van der Waals surface area (Å²) >= 11 is 0. The zero-order chi connectivity index (χ0) is 23.4. The summed E-state index contributed by atoms with van der Waals surface area (Å²) in [5, 5.41) is 7.51. The molecule has 3 aromatic rings. The first-order chi connectivity index (χ1) is 15.9. The summed E-state index contributed by atoms with van der Waals surface area (Å²) < 4.78 is 15.6. The lowest BCUT2D eigenvalue weighted by atomic mass is 10.1. The molecule has 1 fully saturated rings. The van der Waals surface area contributed by atoms with Crippen LogP contribution in [0.25, 0.3) is 11.0 Å². The Labute approximate surface area is 191 Å². The zero-order valence-electron chi connectivity index (χ0n) is 19.2. The lowest BCUT2D eigenvalue weighted by Gasteiger charge is -2.34. The molecule has 1 aromatic carbocycles. The summed E-state index contributed by atoms with van der Waals surface area (Å²) in [7, 11) is 0. The van der Waals surface area contributed by atoms with Crippen LogP contribution < -0.4 is 10.9 Å². The first-order valence-corrected chi connectivity index (χ1v) is 11.2. The second-order valence-corrected chi connectivity index (χ2v) is 8.40. The molecule has 4 rings (SSSR count). The zero-order valence-corrected chi connectivity index (χ0v) is 19.2. The molecule has 1 aliphatic heterocycles. The number of hydrogen-bond donors (Lipinski definition) is 1. The molecule has 1 amide bonds. The van der Waals surface area contributed by atoms with Gasteiger partial charge in [-0.25, -0.2) is 9.59 Å². The maximum Gasteiger partial charge on any atom is 0.411 e. The highest BCUT2D eigenvalue weighted by Crippen LogP contribution is 2.23. The van der Waals surface area contributed by atoms with E-state index in [0.29, 0.717) is 30.3 Å². The SMILES string of the molecule is CCOC(=O)Nc1ccc2c(CN3CCN(Cc4nc(C(C)C)no4)CC3)cc(=O)oc2c1. The van der Waals surface area contributed by atoms with Gasteiger partial charge in [0, 0.05) is 61.8 Å². The summed E-state index contributed by atoms with van der Waals surface area (Å²) in [4.78, 5) is 32.9. The largest absolute Gasteiger partial charge is 0.450 e. The predicted octanol–water partition coefficient (Wildman–Crippen LogP) is 3.19. The summed E-state index contributed by atoms with van der Waals surface area (Å²) in [6.45, 7) is 10.8. The van der Waals surface area contributed by atoms with Crippen molar-refractivity contribution in [2.24, 2.45) is 0 Å². The van der Waals surface area contributed by atoms with E-state index in [1.807, 2.05) is 19.9 Å². The second kappa shape index (κ2) is 10.1. The molecule has 0 bridgehead atoms. The van der Waals surface area contributed by atoms with Gasteiger partial charge in [-0.05, 0) is 24.6 Å². The molecule has 1 saturated heterocycles. The Morgan fingerprint density at radius 2 is 1.88 bits per heavy atom. The standard InChI is InChI=1S/C23H29N5O5/c1-4-31-23(30)24-17-5-6-18-16(11-21(29)32-19(18)12-17)13-27-7-9-28(10-8-27)14-20-25-22(15(2)3)26-33-20/h5-6,11-12,15H,4,7-10,13-14H2,1-3H3,(H,24,30). The third-order valence-corrected chi connectivity index (χ3v) is 5.57. The van der Waals surface area contributed by atoms with Gasteiger partial charge in [0.2, 0.25) is 5.89 Å². The quantitative estimate of drug-likeness (QED) is 0.536. The Morgan fingerprint density at radius 3 is 2.55 bits per heavy atom. The van der Waals surface area contributed by atoms with Gasteiger partial charge in [-0.15, -0.1) is 0 Å². The molecule has 0 aliphatic carbocycles. The molecule has 33 heavy (non-hydrogen) atoms. The fraction of sp³-hybridized carbons (Fsp3) is 0.478. The van der Waals surface area contributed by atoms with Gasteiger partial charge in [0.25, 0.3) is 0 Å². The maximum absolute atomic E-state index is 12.2. The van der Waals surface area contributed by atoms with Crippen LogP contribution in [-0.4, -0.2) is 58.8 Å². The number of piperazine rings is 1. The molecule has 0 radical (unpaired) electrons. The van der Waals surface area contributed by atoms with Crippen molar-refractivity contribution in [3.8, 4) is 0 Å². The fourth-order valence-electron chi connectivity index (χ4n) is 3.83. The van der Waals surface area contributed by atoms with Crippen molar-refractivity contribution in [2.45, 2.75) is 39.8 Å². The number of amides is 1. The molecule has 176 valence electrons. The van der Waals surface area contributed by atoms with Gasteiger partial charge in [-0.3, -0.25) is 15.1 Å². The Bertz CT molecular complexity index is 1160. The van der Waals surface area contributed by atoms with Crippen LogP contribution in [0.5, 0.6) is 0 Å². The third kappa shape index (κ3) is 5.77. The molecule has 0 saturated carbocycles. The lowest BCUT2D eigenvalue weighted by Crippen LogP contribution is -2.45. The average Bonchev–Trinajstić information content (AvgIpc) is 3.24. The van der Waals surface area contributed by atoms with E-state index in [1.54, 1.807) is 25.1 Å². The first-order valence-electron chi connectivity index (χ1n) is 11.2. The van der Waals surface area contributed by atoms with E-state index in [0.717, 1.165) is 43.0 Å². The van der Waals surface area contributed by atoms with E-state index in [1.165, 1.54) is 0 Å². The lowest BCUT2D eigenvalue weighted by molar-refractivity contribution is 0.112. The summed E-state index contributed by atoms with van der Waals surface area (Å²) in [6, 6.07) is 6.81. The van der Waals surface area contributed by atoms with E-state index in [2.05, 4.69) is 25.3 Å². The van der Waals surface area contributed by atoms with E-state index >= 15 is 0 Å². The highest BCUT2D eigenvalue weighted by molar-refractivity contribution is 5.89. The van der Waals surface area contributed by atoms with Crippen molar-refractivity contribution in [2.75, 3.05) is 38.1 Å². The second-order valence-electron chi connectivity index (χ2n) is 8.40. The van der Waals surface area contributed by atoms with E-state index in [-0.39, 0.29) is 12.5 Å². The number of hydrogen-bond acceptors (Lipinski definition) is 9. The number of rotatable bonds is 7. The number of nitrogens with one attached hydrogen (secondary N) is 1. The van der Waals surface area contributed by atoms with Gasteiger partial charge >= 0.3 is 11.7 Å². The number of carbonyl (C=O) groups excluding carboxylic acids is 1. The van der Waals surface area contributed by atoms with Crippen molar-refractivity contribution in [1.29, 1.82) is 0 Å². The molecular weight excluding hydrogens is 426 g/mol. The smallest absolute Gasteiger partial charge is 0.411 e. The molecule has 0 atom stereocenters. The van der Waals surface area contributed by atoms with Crippen molar-refractivity contribution >= 4 is 22.7 Å². The van der Waals surface area contributed by atoms with E-state index in [9.17, 15) is 9.59 Å². The number of ether oxygens (including phenoxy) is 1. The first kappa shape index (κ1) is 22.9. The minimum atomic E-state index is -0.547. The minimum absolute atomic E-state index is 0.245. The van der Waals surface area contributed by atoms with Crippen LogP contribution in [0, 0.1) is 0 Å². The topological polar surface area (TPSA) is 114 Å². The van der Waals surface area contributed by atoms with Gasteiger partial charge in [0.1, 0.15) is 5.58 Å². The maximum atomic E-state index is 12.2.